The van der Waals surface area contributed by atoms with E-state index in [0.717, 1.165) is 37.3 Å². The summed E-state index contributed by atoms with van der Waals surface area (Å²) < 4.78 is 19.8. The van der Waals surface area contributed by atoms with Gasteiger partial charge in [0.2, 0.25) is 0 Å². The topological polar surface area (TPSA) is 61.8 Å². The van der Waals surface area contributed by atoms with Gasteiger partial charge in [0, 0.05) is 38.2 Å². The van der Waals surface area contributed by atoms with Gasteiger partial charge < -0.3 is 15.2 Å². The lowest BCUT2D eigenvalue weighted by Gasteiger charge is -2.47. The summed E-state index contributed by atoms with van der Waals surface area (Å²) >= 11 is 0. The molecule has 0 saturated carbocycles. The molecule has 5 nitrogen and oxygen atoms in total. The van der Waals surface area contributed by atoms with E-state index in [2.05, 4.69) is 43.1 Å². The number of hydrogen-bond donors (Lipinski definition) is 2. The number of carbonyl (C=O) groups excluding carboxylic acids is 1. The zero-order valence-corrected chi connectivity index (χ0v) is 19.7. The molecule has 3 atom stereocenters. The van der Waals surface area contributed by atoms with Crippen molar-refractivity contribution in [1.29, 1.82) is 0 Å². The van der Waals surface area contributed by atoms with E-state index in [4.69, 9.17) is 9.84 Å². The maximum absolute atomic E-state index is 13.9. The van der Waals surface area contributed by atoms with Gasteiger partial charge in [0.05, 0.1) is 12.2 Å². The molecule has 1 aromatic rings. The van der Waals surface area contributed by atoms with E-state index in [-0.39, 0.29) is 18.1 Å². The maximum Gasteiger partial charge on any atom is 0.254 e. The van der Waals surface area contributed by atoms with Crippen molar-refractivity contribution >= 4 is 5.91 Å². The Morgan fingerprint density at radius 1 is 1.31 bits per heavy atom. The summed E-state index contributed by atoms with van der Waals surface area (Å²) in [5.74, 6) is 1.34. The lowest BCUT2D eigenvalue weighted by atomic mass is 9.78. The number of aryl methyl sites for hydroxylation is 1. The fourth-order valence-electron chi connectivity index (χ4n) is 4.61. The third kappa shape index (κ3) is 5.78. The first kappa shape index (κ1) is 24.5. The summed E-state index contributed by atoms with van der Waals surface area (Å²) in [5.41, 5.74) is 2.27. The SMILES string of the molecule is CC1=C(OCCCCO)C=CC(C(C)N2CC(CNC(=O)c3cc(C)ccc3F)C2)C1C. The zero-order chi connectivity index (χ0) is 23.3. The second kappa shape index (κ2) is 11.1. The minimum Gasteiger partial charge on any atom is -0.494 e. The average Bonchev–Trinajstić information content (AvgIpc) is 2.74. The number of aliphatic hydroxyl groups excluding tert-OH is 1. The first-order valence-corrected chi connectivity index (χ1v) is 11.7. The number of allylic oxidation sites excluding steroid dienone is 2. The average molecular weight is 445 g/mol. The summed E-state index contributed by atoms with van der Waals surface area (Å²) in [6.45, 7) is 11.8. The van der Waals surface area contributed by atoms with Gasteiger partial charge in [0.15, 0.2) is 0 Å². The molecule has 176 valence electrons. The standard InChI is InChI=1S/C26H37FN2O3/c1-17-7-9-24(27)23(13-17)26(31)28-14-21-15-29(16-21)20(4)22-8-10-25(19(3)18(22)2)32-12-6-5-11-30/h7-10,13,18,20-22,30H,5-6,11-12,14-16H2,1-4H3,(H,28,31). The molecule has 3 unspecified atom stereocenters. The molecule has 3 rings (SSSR count). The van der Waals surface area contributed by atoms with Crippen LogP contribution in [-0.2, 0) is 4.74 Å². The van der Waals surface area contributed by atoms with Crippen LogP contribution >= 0.6 is 0 Å². The number of hydrogen-bond acceptors (Lipinski definition) is 4. The molecule has 1 amide bonds. The van der Waals surface area contributed by atoms with E-state index in [1.165, 1.54) is 11.6 Å². The lowest BCUT2D eigenvalue weighted by Crippen LogP contribution is -2.57. The molecule has 2 aliphatic rings. The van der Waals surface area contributed by atoms with Crippen molar-refractivity contribution in [2.24, 2.45) is 17.8 Å². The molecule has 2 N–H and O–H groups in total. The Kier molecular flexibility index (Phi) is 8.49. The molecule has 0 spiro atoms. The largest absolute Gasteiger partial charge is 0.494 e. The molecule has 1 saturated heterocycles. The van der Waals surface area contributed by atoms with Crippen LogP contribution in [0.15, 0.2) is 41.7 Å². The second-order valence-corrected chi connectivity index (χ2v) is 9.31. The Labute approximate surface area is 191 Å². The Hall–Kier alpha value is -2.18. The summed E-state index contributed by atoms with van der Waals surface area (Å²) in [6, 6.07) is 5.00. The molecule has 1 aromatic carbocycles. The fourth-order valence-corrected chi connectivity index (χ4v) is 4.61. The number of benzene rings is 1. The summed E-state index contributed by atoms with van der Waals surface area (Å²) in [4.78, 5) is 14.8. The third-order valence-corrected chi connectivity index (χ3v) is 6.97. The van der Waals surface area contributed by atoms with Crippen molar-refractivity contribution in [3.63, 3.8) is 0 Å². The summed E-state index contributed by atoms with van der Waals surface area (Å²) in [5, 5.41) is 11.8. The highest BCUT2D eigenvalue weighted by molar-refractivity contribution is 5.94. The van der Waals surface area contributed by atoms with Gasteiger partial charge in [-0.1, -0.05) is 24.6 Å². The molecule has 0 bridgehead atoms. The van der Waals surface area contributed by atoms with Crippen molar-refractivity contribution in [2.75, 3.05) is 32.8 Å². The molecule has 0 radical (unpaired) electrons. The maximum atomic E-state index is 13.9. The van der Waals surface area contributed by atoms with E-state index in [1.807, 2.05) is 6.92 Å². The van der Waals surface area contributed by atoms with Gasteiger partial charge in [-0.25, -0.2) is 4.39 Å². The number of aliphatic hydroxyl groups is 1. The highest BCUT2D eigenvalue weighted by Gasteiger charge is 2.36. The zero-order valence-electron chi connectivity index (χ0n) is 19.7. The van der Waals surface area contributed by atoms with Gasteiger partial charge in [-0.2, -0.15) is 0 Å². The van der Waals surface area contributed by atoms with E-state index in [1.54, 1.807) is 12.1 Å². The minimum absolute atomic E-state index is 0.118. The Morgan fingerprint density at radius 2 is 2.06 bits per heavy atom. The molecule has 1 fully saturated rings. The van der Waals surface area contributed by atoms with Crippen LogP contribution in [0.1, 0.15) is 49.5 Å². The number of nitrogens with zero attached hydrogens (tertiary/aromatic N) is 1. The number of halogens is 1. The van der Waals surface area contributed by atoms with Crippen molar-refractivity contribution in [1.82, 2.24) is 10.2 Å². The van der Waals surface area contributed by atoms with Crippen LogP contribution in [0.2, 0.25) is 0 Å². The number of nitrogens with one attached hydrogen (secondary N) is 1. The third-order valence-electron chi connectivity index (χ3n) is 6.97. The Morgan fingerprint density at radius 3 is 2.78 bits per heavy atom. The number of likely N-dealkylation sites (tertiary alicyclic amines) is 1. The molecular formula is C26H37FN2O3. The molecular weight excluding hydrogens is 407 g/mol. The van der Waals surface area contributed by atoms with Gasteiger partial charge in [0.1, 0.15) is 11.6 Å². The predicted molar refractivity (Wildman–Crippen MR) is 125 cm³/mol. The first-order valence-electron chi connectivity index (χ1n) is 11.7. The van der Waals surface area contributed by atoms with Crippen molar-refractivity contribution < 1.29 is 19.0 Å². The van der Waals surface area contributed by atoms with Crippen molar-refractivity contribution in [3.05, 3.63) is 58.6 Å². The van der Waals surface area contributed by atoms with Crippen LogP contribution in [0.25, 0.3) is 0 Å². The van der Waals surface area contributed by atoms with E-state index < -0.39 is 5.82 Å². The smallest absolute Gasteiger partial charge is 0.254 e. The van der Waals surface area contributed by atoms with E-state index >= 15 is 0 Å². The quantitative estimate of drug-likeness (QED) is 0.534. The molecule has 6 heteroatoms. The summed E-state index contributed by atoms with van der Waals surface area (Å²) in [6.07, 6.45) is 5.99. The van der Waals surface area contributed by atoms with Crippen LogP contribution in [0, 0.1) is 30.5 Å². The number of ether oxygens (including phenoxy) is 1. The van der Waals surface area contributed by atoms with E-state index in [9.17, 15) is 9.18 Å². The van der Waals surface area contributed by atoms with Crippen LogP contribution in [0.4, 0.5) is 4.39 Å². The van der Waals surface area contributed by atoms with Crippen LogP contribution < -0.4 is 5.32 Å². The molecule has 1 heterocycles. The Bertz CT molecular complexity index is 861. The van der Waals surface area contributed by atoms with Crippen LogP contribution in [0.5, 0.6) is 0 Å². The fraction of sp³-hybridized carbons (Fsp3) is 0.577. The lowest BCUT2D eigenvalue weighted by molar-refractivity contribution is 0.0333. The normalized spacial score (nSPS) is 22.6. The minimum atomic E-state index is -0.477. The molecule has 32 heavy (non-hydrogen) atoms. The predicted octanol–water partition coefficient (Wildman–Crippen LogP) is 4.07. The number of unbranched alkanes of at least 4 members (excludes halogenated alkanes) is 1. The van der Waals surface area contributed by atoms with Gasteiger partial charge >= 0.3 is 0 Å². The van der Waals surface area contributed by atoms with E-state index in [0.29, 0.717) is 36.9 Å². The highest BCUT2D eigenvalue weighted by Crippen LogP contribution is 2.35. The molecule has 1 aliphatic carbocycles. The highest BCUT2D eigenvalue weighted by atomic mass is 19.1. The van der Waals surface area contributed by atoms with Gasteiger partial charge in [-0.15, -0.1) is 0 Å². The van der Waals surface area contributed by atoms with Gasteiger partial charge in [0.25, 0.3) is 5.91 Å². The number of rotatable bonds is 10. The Balaban J connectivity index is 1.45. The first-order chi connectivity index (χ1) is 15.3. The van der Waals surface area contributed by atoms with Gasteiger partial charge in [-0.05, 0) is 69.2 Å². The number of carbonyl (C=O) groups is 1. The number of amides is 1. The van der Waals surface area contributed by atoms with Crippen molar-refractivity contribution in [2.45, 2.75) is 46.6 Å². The molecule has 0 aromatic heterocycles. The van der Waals surface area contributed by atoms with Crippen LogP contribution in [-0.4, -0.2) is 54.8 Å². The van der Waals surface area contributed by atoms with Crippen LogP contribution in [0.3, 0.4) is 0 Å². The molecule has 1 aliphatic heterocycles. The van der Waals surface area contributed by atoms with Gasteiger partial charge in [-0.3, -0.25) is 9.69 Å². The monoisotopic (exact) mass is 444 g/mol. The van der Waals surface area contributed by atoms with Crippen molar-refractivity contribution in [3.8, 4) is 0 Å². The summed E-state index contributed by atoms with van der Waals surface area (Å²) in [7, 11) is 0. The second-order valence-electron chi connectivity index (χ2n) is 9.31.